The minimum absolute atomic E-state index is 0.340. The summed E-state index contributed by atoms with van der Waals surface area (Å²) in [5.74, 6) is 0.822. The molecule has 0 saturated heterocycles. The summed E-state index contributed by atoms with van der Waals surface area (Å²) < 4.78 is 37.6. The highest BCUT2D eigenvalue weighted by Crippen LogP contribution is 2.30. The second-order valence-corrected chi connectivity index (χ2v) is 3.90. The van der Waals surface area contributed by atoms with E-state index in [9.17, 15) is 13.2 Å². The number of pyridine rings is 1. The van der Waals surface area contributed by atoms with E-state index in [0.717, 1.165) is 12.1 Å². The van der Waals surface area contributed by atoms with Gasteiger partial charge in [0.25, 0.3) is 0 Å². The zero-order valence-electron chi connectivity index (χ0n) is 9.47. The lowest BCUT2D eigenvalue weighted by molar-refractivity contribution is -0.137. The van der Waals surface area contributed by atoms with Gasteiger partial charge in [0.1, 0.15) is 5.82 Å². The Morgan fingerprint density at radius 3 is 2.65 bits per heavy atom. The van der Waals surface area contributed by atoms with Gasteiger partial charge in [-0.1, -0.05) is 0 Å². The Bertz CT molecular complexity index is 355. The van der Waals surface area contributed by atoms with Crippen molar-refractivity contribution in [3.05, 3.63) is 23.9 Å². The fourth-order valence-corrected chi connectivity index (χ4v) is 1.57. The Labute approximate surface area is 103 Å². The summed E-state index contributed by atoms with van der Waals surface area (Å²) in [6, 6.07) is 2.04. The van der Waals surface area contributed by atoms with Crippen LogP contribution in [0.5, 0.6) is 0 Å². The fourth-order valence-electron chi connectivity index (χ4n) is 1.45. The van der Waals surface area contributed by atoms with E-state index in [1.807, 2.05) is 6.92 Å². The lowest BCUT2D eigenvalue weighted by Gasteiger charge is -2.22. The molecule has 1 heterocycles. The lowest BCUT2D eigenvalue weighted by atomic mass is 10.2. The van der Waals surface area contributed by atoms with Crippen LogP contribution < -0.4 is 4.90 Å². The molecular weight excluding hydrogens is 253 g/mol. The third-order valence-corrected chi connectivity index (χ3v) is 2.61. The van der Waals surface area contributed by atoms with Crippen molar-refractivity contribution in [3.63, 3.8) is 0 Å². The van der Waals surface area contributed by atoms with E-state index >= 15 is 0 Å². The van der Waals surface area contributed by atoms with Gasteiger partial charge in [0.15, 0.2) is 0 Å². The van der Waals surface area contributed by atoms with Gasteiger partial charge in [-0.15, -0.1) is 11.6 Å². The van der Waals surface area contributed by atoms with Crippen LogP contribution in [-0.2, 0) is 6.18 Å². The Morgan fingerprint density at radius 1 is 1.41 bits per heavy atom. The van der Waals surface area contributed by atoms with Crippen LogP contribution in [0.1, 0.15) is 18.9 Å². The molecule has 0 bridgehead atoms. The molecule has 1 aromatic heterocycles. The summed E-state index contributed by atoms with van der Waals surface area (Å²) in [5, 5.41) is 0. The number of aromatic nitrogens is 1. The Kier molecular flexibility index (Phi) is 5.05. The van der Waals surface area contributed by atoms with Crippen LogP contribution in [0.15, 0.2) is 18.3 Å². The third kappa shape index (κ3) is 4.07. The standard InChI is InChI=1S/C11H14ClF3N2/c1-2-17(7-3-5-12)10-8-9(4-6-16-10)11(13,14)15/h4,6,8H,2-3,5,7H2,1H3. The molecule has 0 aliphatic heterocycles. The normalized spacial score (nSPS) is 11.6. The Balaban J connectivity index is 2.89. The number of nitrogens with zero attached hydrogens (tertiary/aromatic N) is 2. The van der Waals surface area contributed by atoms with Crippen LogP contribution in [0.4, 0.5) is 19.0 Å². The van der Waals surface area contributed by atoms with Crippen molar-refractivity contribution in [1.29, 1.82) is 0 Å². The largest absolute Gasteiger partial charge is 0.416 e. The van der Waals surface area contributed by atoms with E-state index in [0.29, 0.717) is 31.2 Å². The maximum atomic E-state index is 12.5. The number of hydrogen-bond acceptors (Lipinski definition) is 2. The number of halogens is 4. The average Bonchev–Trinajstić information content (AvgIpc) is 2.29. The molecule has 0 amide bonds. The summed E-state index contributed by atoms with van der Waals surface area (Å²) in [7, 11) is 0. The number of alkyl halides is 4. The van der Waals surface area contributed by atoms with E-state index in [-0.39, 0.29) is 0 Å². The van der Waals surface area contributed by atoms with Crippen LogP contribution in [-0.4, -0.2) is 24.0 Å². The molecule has 2 nitrogen and oxygen atoms in total. The summed E-state index contributed by atoms with van der Waals surface area (Å²) >= 11 is 5.57. The van der Waals surface area contributed by atoms with Crippen LogP contribution in [0.25, 0.3) is 0 Å². The van der Waals surface area contributed by atoms with E-state index in [2.05, 4.69) is 4.98 Å². The molecule has 1 rings (SSSR count). The SMILES string of the molecule is CCN(CCCCl)c1cc(C(F)(F)F)ccn1. The molecule has 96 valence electrons. The van der Waals surface area contributed by atoms with Gasteiger partial charge in [0.05, 0.1) is 5.56 Å². The predicted octanol–water partition coefficient (Wildman–Crippen LogP) is 3.56. The molecule has 0 N–H and O–H groups in total. The van der Waals surface area contributed by atoms with Gasteiger partial charge >= 0.3 is 6.18 Å². The summed E-state index contributed by atoms with van der Waals surface area (Å²) in [4.78, 5) is 5.74. The molecular formula is C11H14ClF3N2. The van der Waals surface area contributed by atoms with Gasteiger partial charge in [-0.2, -0.15) is 13.2 Å². The average molecular weight is 267 g/mol. The Hall–Kier alpha value is -0.970. The van der Waals surface area contributed by atoms with Gasteiger partial charge in [-0.3, -0.25) is 0 Å². The molecule has 0 unspecified atom stereocenters. The molecule has 0 fully saturated rings. The van der Waals surface area contributed by atoms with E-state index < -0.39 is 11.7 Å². The highest BCUT2D eigenvalue weighted by molar-refractivity contribution is 6.17. The van der Waals surface area contributed by atoms with Gasteiger partial charge < -0.3 is 4.90 Å². The zero-order valence-corrected chi connectivity index (χ0v) is 10.2. The van der Waals surface area contributed by atoms with Crippen molar-refractivity contribution in [3.8, 4) is 0 Å². The first-order chi connectivity index (χ1) is 7.99. The van der Waals surface area contributed by atoms with Crippen LogP contribution >= 0.6 is 11.6 Å². The molecule has 0 radical (unpaired) electrons. The van der Waals surface area contributed by atoms with Gasteiger partial charge in [0.2, 0.25) is 0 Å². The second-order valence-electron chi connectivity index (χ2n) is 3.52. The lowest BCUT2D eigenvalue weighted by Crippen LogP contribution is -2.25. The highest BCUT2D eigenvalue weighted by Gasteiger charge is 2.31. The molecule has 1 aromatic rings. The summed E-state index contributed by atoms with van der Waals surface area (Å²) in [6.07, 6.45) is -2.43. The second kappa shape index (κ2) is 6.10. The van der Waals surface area contributed by atoms with Crippen molar-refractivity contribution >= 4 is 17.4 Å². The summed E-state index contributed by atoms with van der Waals surface area (Å²) in [5.41, 5.74) is -0.674. The zero-order chi connectivity index (χ0) is 12.9. The first kappa shape index (κ1) is 14.1. The molecule has 0 atom stereocenters. The van der Waals surface area contributed by atoms with Crippen LogP contribution in [0, 0.1) is 0 Å². The number of rotatable bonds is 5. The quantitative estimate of drug-likeness (QED) is 0.758. The fraction of sp³-hybridized carbons (Fsp3) is 0.545. The number of anilines is 1. The highest BCUT2D eigenvalue weighted by atomic mass is 35.5. The molecule has 0 aliphatic rings. The van der Waals surface area contributed by atoms with Crippen molar-refractivity contribution in [2.75, 3.05) is 23.9 Å². The maximum absolute atomic E-state index is 12.5. The molecule has 0 spiro atoms. The Morgan fingerprint density at radius 2 is 2.12 bits per heavy atom. The first-order valence-corrected chi connectivity index (χ1v) is 5.86. The first-order valence-electron chi connectivity index (χ1n) is 5.33. The summed E-state index contributed by atoms with van der Waals surface area (Å²) in [6.45, 7) is 3.08. The van der Waals surface area contributed by atoms with Crippen molar-refractivity contribution in [1.82, 2.24) is 4.98 Å². The van der Waals surface area contributed by atoms with Gasteiger partial charge in [-0.05, 0) is 25.5 Å². The van der Waals surface area contributed by atoms with Crippen LogP contribution in [0.3, 0.4) is 0 Å². The molecule has 0 saturated carbocycles. The number of hydrogen-bond donors (Lipinski definition) is 0. The smallest absolute Gasteiger partial charge is 0.357 e. The van der Waals surface area contributed by atoms with E-state index in [1.54, 1.807) is 4.90 Å². The maximum Gasteiger partial charge on any atom is 0.416 e. The third-order valence-electron chi connectivity index (χ3n) is 2.34. The van der Waals surface area contributed by atoms with Gasteiger partial charge in [-0.25, -0.2) is 4.98 Å². The van der Waals surface area contributed by atoms with E-state index in [1.165, 1.54) is 6.20 Å². The molecule has 0 aliphatic carbocycles. The topological polar surface area (TPSA) is 16.1 Å². The molecule has 6 heteroatoms. The minimum Gasteiger partial charge on any atom is -0.357 e. The minimum atomic E-state index is -4.33. The predicted molar refractivity (Wildman–Crippen MR) is 62.5 cm³/mol. The van der Waals surface area contributed by atoms with Crippen molar-refractivity contribution in [2.45, 2.75) is 19.5 Å². The molecule has 0 aromatic carbocycles. The van der Waals surface area contributed by atoms with Crippen molar-refractivity contribution < 1.29 is 13.2 Å². The van der Waals surface area contributed by atoms with Gasteiger partial charge in [0, 0.05) is 25.2 Å². The van der Waals surface area contributed by atoms with Crippen molar-refractivity contribution in [2.24, 2.45) is 0 Å². The molecule has 17 heavy (non-hydrogen) atoms. The monoisotopic (exact) mass is 266 g/mol. The van der Waals surface area contributed by atoms with E-state index in [4.69, 9.17) is 11.6 Å². The van der Waals surface area contributed by atoms with Crippen LogP contribution in [0.2, 0.25) is 0 Å².